The monoisotopic (exact) mass is 288 g/mol. The smallest absolute Gasteiger partial charge is 0.228 e. The van der Waals surface area contributed by atoms with Crippen LogP contribution in [0.2, 0.25) is 0 Å². The molecule has 1 amide bonds. The Morgan fingerprint density at radius 2 is 2.14 bits per heavy atom. The van der Waals surface area contributed by atoms with Crippen LogP contribution in [0.5, 0.6) is 5.88 Å². The molecule has 114 valence electrons. The quantitative estimate of drug-likeness (QED) is 0.926. The number of ether oxygens (including phenoxy) is 1. The van der Waals surface area contributed by atoms with Crippen molar-refractivity contribution in [2.75, 3.05) is 12.4 Å². The maximum atomic E-state index is 12.7. The minimum atomic E-state index is 0.105. The molecular weight excluding hydrogens is 264 g/mol. The third-order valence-corrected chi connectivity index (χ3v) is 6.32. The van der Waals surface area contributed by atoms with Crippen molar-refractivity contribution in [1.29, 1.82) is 0 Å². The lowest BCUT2D eigenvalue weighted by Crippen LogP contribution is -2.38. The lowest BCUT2D eigenvalue weighted by molar-refractivity contribution is -0.124. The van der Waals surface area contributed by atoms with Crippen molar-refractivity contribution in [2.45, 2.75) is 40.0 Å². The summed E-state index contributed by atoms with van der Waals surface area (Å²) in [4.78, 5) is 16.8. The predicted octanol–water partition coefficient (Wildman–Crippen LogP) is 3.49. The summed E-state index contributed by atoms with van der Waals surface area (Å²) >= 11 is 0. The minimum Gasteiger partial charge on any atom is -0.481 e. The number of nitrogens with one attached hydrogen (secondary N) is 1. The number of amides is 1. The van der Waals surface area contributed by atoms with E-state index in [2.05, 4.69) is 31.1 Å². The standard InChI is InChI=1S/C17H24N2O2/c1-16(2)11-7-8-17(16,3)13(9-11)15(20)19-12-5-6-14(21-4)18-10-12/h5-6,10-11,13H,7-9H2,1-4H3,(H,19,20)/t11-,13-,17+/m1/s1. The average molecular weight is 288 g/mol. The second-order valence-electron chi connectivity index (χ2n) is 7.24. The molecule has 2 aliphatic carbocycles. The van der Waals surface area contributed by atoms with Crippen LogP contribution in [-0.2, 0) is 4.79 Å². The Bertz CT molecular complexity index is 552. The van der Waals surface area contributed by atoms with Gasteiger partial charge in [0.25, 0.3) is 0 Å². The molecule has 3 rings (SSSR count). The predicted molar refractivity (Wildman–Crippen MR) is 82.1 cm³/mol. The van der Waals surface area contributed by atoms with Crippen LogP contribution >= 0.6 is 0 Å². The Morgan fingerprint density at radius 3 is 2.62 bits per heavy atom. The Labute approximate surface area is 126 Å². The van der Waals surface area contributed by atoms with Crippen LogP contribution in [0, 0.1) is 22.7 Å². The zero-order valence-corrected chi connectivity index (χ0v) is 13.3. The molecule has 2 bridgehead atoms. The summed E-state index contributed by atoms with van der Waals surface area (Å²) in [6, 6.07) is 3.60. The first-order valence-electron chi connectivity index (χ1n) is 7.69. The van der Waals surface area contributed by atoms with Crippen molar-refractivity contribution in [3.63, 3.8) is 0 Å². The average Bonchev–Trinajstić information content (AvgIpc) is 2.80. The second kappa shape index (κ2) is 4.72. The number of hydrogen-bond donors (Lipinski definition) is 1. The third-order valence-electron chi connectivity index (χ3n) is 6.32. The van der Waals surface area contributed by atoms with Crippen LogP contribution in [-0.4, -0.2) is 18.0 Å². The zero-order chi connectivity index (χ0) is 15.3. The van der Waals surface area contributed by atoms with Crippen molar-refractivity contribution in [3.05, 3.63) is 18.3 Å². The molecule has 1 aromatic rings. The summed E-state index contributed by atoms with van der Waals surface area (Å²) in [5.41, 5.74) is 1.11. The fourth-order valence-electron chi connectivity index (χ4n) is 4.40. The molecule has 3 atom stereocenters. The molecule has 0 unspecified atom stereocenters. The summed E-state index contributed by atoms with van der Waals surface area (Å²) in [5, 5.41) is 3.03. The van der Waals surface area contributed by atoms with Crippen molar-refractivity contribution < 1.29 is 9.53 Å². The van der Waals surface area contributed by atoms with E-state index in [1.807, 2.05) is 6.07 Å². The van der Waals surface area contributed by atoms with Gasteiger partial charge in [0.05, 0.1) is 19.0 Å². The number of fused-ring (bicyclic) bond motifs is 2. The first-order chi connectivity index (χ1) is 9.88. The molecule has 1 aromatic heterocycles. The first kappa shape index (κ1) is 14.4. The van der Waals surface area contributed by atoms with E-state index >= 15 is 0 Å². The van der Waals surface area contributed by atoms with Gasteiger partial charge >= 0.3 is 0 Å². The molecule has 21 heavy (non-hydrogen) atoms. The third kappa shape index (κ3) is 2.03. The van der Waals surface area contributed by atoms with Gasteiger partial charge < -0.3 is 10.1 Å². The summed E-state index contributed by atoms with van der Waals surface area (Å²) in [5.74, 6) is 1.47. The minimum absolute atomic E-state index is 0.105. The highest BCUT2D eigenvalue weighted by molar-refractivity contribution is 5.93. The summed E-state index contributed by atoms with van der Waals surface area (Å²) in [6.07, 6.45) is 5.08. The van der Waals surface area contributed by atoms with Gasteiger partial charge in [-0.3, -0.25) is 4.79 Å². The maximum Gasteiger partial charge on any atom is 0.228 e. The van der Waals surface area contributed by atoms with Gasteiger partial charge in [0.1, 0.15) is 0 Å². The van der Waals surface area contributed by atoms with E-state index in [1.165, 1.54) is 6.42 Å². The Kier molecular flexibility index (Phi) is 3.23. The Morgan fingerprint density at radius 1 is 1.38 bits per heavy atom. The van der Waals surface area contributed by atoms with Gasteiger partial charge in [0, 0.05) is 12.0 Å². The van der Waals surface area contributed by atoms with E-state index in [0.717, 1.165) is 18.5 Å². The summed E-state index contributed by atoms with van der Waals surface area (Å²) < 4.78 is 5.03. The number of rotatable bonds is 3. The van der Waals surface area contributed by atoms with Crippen molar-refractivity contribution in [2.24, 2.45) is 22.7 Å². The molecular formula is C17H24N2O2. The molecule has 4 heteroatoms. The highest BCUT2D eigenvalue weighted by Crippen LogP contribution is 2.68. The van der Waals surface area contributed by atoms with E-state index in [-0.39, 0.29) is 22.7 Å². The number of nitrogens with zero attached hydrogens (tertiary/aromatic N) is 1. The molecule has 1 heterocycles. The van der Waals surface area contributed by atoms with Gasteiger partial charge in [-0.1, -0.05) is 20.8 Å². The van der Waals surface area contributed by atoms with Gasteiger partial charge in [0.2, 0.25) is 11.8 Å². The lowest BCUT2D eigenvalue weighted by Gasteiger charge is -2.38. The fourth-order valence-corrected chi connectivity index (χ4v) is 4.40. The molecule has 0 saturated heterocycles. The highest BCUT2D eigenvalue weighted by Gasteiger charge is 2.63. The molecule has 2 fully saturated rings. The van der Waals surface area contributed by atoms with Crippen LogP contribution in [0.3, 0.4) is 0 Å². The zero-order valence-electron chi connectivity index (χ0n) is 13.3. The number of aromatic nitrogens is 1. The van der Waals surface area contributed by atoms with Gasteiger partial charge in [-0.05, 0) is 42.1 Å². The van der Waals surface area contributed by atoms with E-state index in [0.29, 0.717) is 11.8 Å². The topological polar surface area (TPSA) is 51.2 Å². The van der Waals surface area contributed by atoms with Crippen LogP contribution in [0.15, 0.2) is 18.3 Å². The molecule has 0 radical (unpaired) electrons. The van der Waals surface area contributed by atoms with Crippen molar-refractivity contribution in [1.82, 2.24) is 4.98 Å². The number of carbonyl (C=O) groups excluding carboxylic acids is 1. The lowest BCUT2D eigenvalue weighted by atomic mass is 9.66. The first-order valence-corrected chi connectivity index (χ1v) is 7.69. The van der Waals surface area contributed by atoms with E-state index < -0.39 is 0 Å². The highest BCUT2D eigenvalue weighted by atomic mass is 16.5. The van der Waals surface area contributed by atoms with Gasteiger partial charge in [-0.2, -0.15) is 0 Å². The molecule has 0 aromatic carbocycles. The summed E-state index contributed by atoms with van der Waals surface area (Å²) in [7, 11) is 1.58. The second-order valence-corrected chi connectivity index (χ2v) is 7.24. The van der Waals surface area contributed by atoms with Crippen LogP contribution < -0.4 is 10.1 Å². The van der Waals surface area contributed by atoms with E-state index in [4.69, 9.17) is 4.74 Å². The molecule has 1 N–H and O–H groups in total. The molecule has 2 saturated carbocycles. The number of carbonyl (C=O) groups is 1. The Hall–Kier alpha value is -1.58. The fraction of sp³-hybridized carbons (Fsp3) is 0.647. The molecule has 0 spiro atoms. The van der Waals surface area contributed by atoms with Crippen LogP contribution in [0.4, 0.5) is 5.69 Å². The molecule has 4 nitrogen and oxygen atoms in total. The SMILES string of the molecule is COc1ccc(NC(=O)[C@H]2C[C@H]3CC[C@]2(C)C3(C)C)cn1. The molecule has 2 aliphatic rings. The van der Waals surface area contributed by atoms with Crippen LogP contribution in [0.25, 0.3) is 0 Å². The number of pyridine rings is 1. The number of anilines is 1. The van der Waals surface area contributed by atoms with Gasteiger partial charge in [0.15, 0.2) is 0 Å². The van der Waals surface area contributed by atoms with Gasteiger partial charge in [-0.25, -0.2) is 4.98 Å². The van der Waals surface area contributed by atoms with E-state index in [9.17, 15) is 4.79 Å². The molecule has 0 aliphatic heterocycles. The maximum absolute atomic E-state index is 12.7. The summed E-state index contributed by atoms with van der Waals surface area (Å²) in [6.45, 7) is 6.94. The number of hydrogen-bond acceptors (Lipinski definition) is 3. The van der Waals surface area contributed by atoms with E-state index in [1.54, 1.807) is 19.4 Å². The van der Waals surface area contributed by atoms with Gasteiger partial charge in [-0.15, -0.1) is 0 Å². The Balaban J connectivity index is 1.74. The largest absolute Gasteiger partial charge is 0.481 e. The van der Waals surface area contributed by atoms with Crippen molar-refractivity contribution >= 4 is 11.6 Å². The van der Waals surface area contributed by atoms with Crippen LogP contribution in [0.1, 0.15) is 40.0 Å². The van der Waals surface area contributed by atoms with Crippen molar-refractivity contribution in [3.8, 4) is 5.88 Å². The normalized spacial score (nSPS) is 33.0. The number of methoxy groups -OCH3 is 1.